The number of hydrogen-bond acceptors (Lipinski definition) is 4. The smallest absolute Gasteiger partial charge is 0.416 e. The standard InChI is InChI=1S/C24H23F3N4O3.ClH/c25-24(26,27)17-5-1-15(2-6-17)3-10-22(32)28-18-7-8-20-16(13-18)4-9-21(30-20)31-12-11-19(14-31)29-23(33)34;/h1-2,4-9,13,19,29H,3,10-12,14H2,(H,28,32)(H,33,34);1H. The summed E-state index contributed by atoms with van der Waals surface area (Å²) in [7, 11) is 0. The number of nitrogens with zero attached hydrogens (tertiary/aromatic N) is 2. The Morgan fingerprint density at radius 3 is 2.51 bits per heavy atom. The number of aromatic nitrogens is 1. The number of carboxylic acid groups (broad SMARTS) is 1. The molecule has 2 amide bonds. The summed E-state index contributed by atoms with van der Waals surface area (Å²) in [6.07, 6.45) is -4.23. The maximum absolute atomic E-state index is 12.7. The molecule has 1 unspecified atom stereocenters. The van der Waals surface area contributed by atoms with Crippen LogP contribution in [0.15, 0.2) is 54.6 Å². The maximum Gasteiger partial charge on any atom is 0.416 e. The normalized spacial score (nSPS) is 15.5. The van der Waals surface area contributed by atoms with Gasteiger partial charge in [-0.2, -0.15) is 13.2 Å². The van der Waals surface area contributed by atoms with Crippen molar-refractivity contribution in [3.05, 3.63) is 65.7 Å². The van der Waals surface area contributed by atoms with Gasteiger partial charge in [-0.05, 0) is 60.9 Å². The number of halogens is 4. The number of carbonyl (C=O) groups is 2. The zero-order valence-electron chi connectivity index (χ0n) is 18.5. The fourth-order valence-corrected chi connectivity index (χ4v) is 3.97. The van der Waals surface area contributed by atoms with Crippen LogP contribution in [0.3, 0.4) is 0 Å². The quantitative estimate of drug-likeness (QED) is 0.431. The summed E-state index contributed by atoms with van der Waals surface area (Å²) < 4.78 is 38.0. The number of alkyl halides is 3. The van der Waals surface area contributed by atoms with E-state index in [1.807, 2.05) is 17.0 Å². The minimum atomic E-state index is -4.38. The van der Waals surface area contributed by atoms with Crippen LogP contribution >= 0.6 is 12.4 Å². The van der Waals surface area contributed by atoms with Gasteiger partial charge in [-0.25, -0.2) is 9.78 Å². The molecule has 1 aliphatic rings. The highest BCUT2D eigenvalue weighted by molar-refractivity contribution is 5.94. The molecule has 35 heavy (non-hydrogen) atoms. The van der Waals surface area contributed by atoms with Gasteiger partial charge in [0.05, 0.1) is 17.1 Å². The van der Waals surface area contributed by atoms with Gasteiger partial charge >= 0.3 is 12.3 Å². The predicted octanol–water partition coefficient (Wildman–Crippen LogP) is 5.09. The second-order valence-electron chi connectivity index (χ2n) is 8.20. The molecule has 1 atom stereocenters. The Labute approximate surface area is 205 Å². The third-order valence-corrected chi connectivity index (χ3v) is 5.72. The molecule has 3 aromatic rings. The van der Waals surface area contributed by atoms with Crippen molar-refractivity contribution in [2.75, 3.05) is 23.3 Å². The third kappa shape index (κ3) is 6.75. The van der Waals surface area contributed by atoms with Crippen LogP contribution in [0.25, 0.3) is 10.9 Å². The second-order valence-corrected chi connectivity index (χ2v) is 8.20. The number of carbonyl (C=O) groups excluding carboxylic acids is 1. The summed E-state index contributed by atoms with van der Waals surface area (Å²) in [4.78, 5) is 29.8. The van der Waals surface area contributed by atoms with Gasteiger partial charge in [0.2, 0.25) is 5.91 Å². The third-order valence-electron chi connectivity index (χ3n) is 5.72. The number of aryl methyl sites for hydroxylation is 1. The van der Waals surface area contributed by atoms with E-state index in [-0.39, 0.29) is 30.8 Å². The number of pyridine rings is 1. The Kier molecular flexibility index (Phi) is 8.06. The molecule has 0 saturated carbocycles. The molecule has 11 heteroatoms. The zero-order valence-corrected chi connectivity index (χ0v) is 19.3. The lowest BCUT2D eigenvalue weighted by Crippen LogP contribution is -2.36. The molecule has 2 heterocycles. The Morgan fingerprint density at radius 1 is 1.09 bits per heavy atom. The lowest BCUT2D eigenvalue weighted by molar-refractivity contribution is -0.137. The lowest BCUT2D eigenvalue weighted by Gasteiger charge is -2.18. The maximum atomic E-state index is 12.7. The summed E-state index contributed by atoms with van der Waals surface area (Å²) in [6.45, 7) is 1.26. The number of fused-ring (bicyclic) bond motifs is 1. The van der Waals surface area contributed by atoms with Crippen LogP contribution < -0.4 is 15.5 Å². The summed E-state index contributed by atoms with van der Waals surface area (Å²) in [5.74, 6) is 0.522. The van der Waals surface area contributed by atoms with Gasteiger partial charge in [-0.15, -0.1) is 12.4 Å². The van der Waals surface area contributed by atoms with Gasteiger partial charge in [0.25, 0.3) is 0 Å². The van der Waals surface area contributed by atoms with Gasteiger partial charge in [0, 0.05) is 30.6 Å². The molecule has 0 bridgehead atoms. The SMILES string of the molecule is Cl.O=C(O)NC1CCN(c2ccc3cc(NC(=O)CCc4ccc(C(F)(F)F)cc4)ccc3n2)C1. The zero-order chi connectivity index (χ0) is 24.3. The van der Waals surface area contributed by atoms with Crippen molar-refractivity contribution in [3.63, 3.8) is 0 Å². The molecular weight excluding hydrogens is 485 g/mol. The molecule has 1 fully saturated rings. The van der Waals surface area contributed by atoms with Gasteiger partial charge in [0.1, 0.15) is 5.82 Å². The van der Waals surface area contributed by atoms with Gasteiger partial charge in [-0.3, -0.25) is 4.79 Å². The summed E-state index contributed by atoms with van der Waals surface area (Å²) in [6, 6.07) is 13.8. The van der Waals surface area contributed by atoms with Gasteiger partial charge < -0.3 is 20.6 Å². The van der Waals surface area contributed by atoms with E-state index in [1.165, 1.54) is 12.1 Å². The topological polar surface area (TPSA) is 94.6 Å². The van der Waals surface area contributed by atoms with Crippen molar-refractivity contribution in [1.82, 2.24) is 10.3 Å². The van der Waals surface area contributed by atoms with E-state index in [1.54, 1.807) is 18.2 Å². The molecule has 0 aliphatic carbocycles. The van der Waals surface area contributed by atoms with Crippen LogP contribution in [0.4, 0.5) is 29.5 Å². The average molecular weight is 509 g/mol. The van der Waals surface area contributed by atoms with E-state index < -0.39 is 17.8 Å². The first-order chi connectivity index (χ1) is 16.2. The van der Waals surface area contributed by atoms with Crippen LogP contribution in [0.2, 0.25) is 0 Å². The first-order valence-electron chi connectivity index (χ1n) is 10.8. The molecule has 3 N–H and O–H groups in total. The number of amides is 2. The number of rotatable bonds is 6. The Morgan fingerprint density at radius 2 is 1.83 bits per heavy atom. The van der Waals surface area contributed by atoms with Crippen LogP contribution in [-0.2, 0) is 17.4 Å². The molecule has 2 aromatic carbocycles. The molecule has 1 saturated heterocycles. The van der Waals surface area contributed by atoms with Crippen molar-refractivity contribution < 1.29 is 27.9 Å². The number of hydrogen-bond donors (Lipinski definition) is 3. The van der Waals surface area contributed by atoms with Crippen molar-refractivity contribution in [2.45, 2.75) is 31.5 Å². The van der Waals surface area contributed by atoms with E-state index in [2.05, 4.69) is 15.6 Å². The highest BCUT2D eigenvalue weighted by Crippen LogP contribution is 2.29. The van der Waals surface area contributed by atoms with Crippen LogP contribution in [0.1, 0.15) is 24.0 Å². The second kappa shape index (κ2) is 10.8. The van der Waals surface area contributed by atoms with Gasteiger partial charge in [0.15, 0.2) is 0 Å². The number of nitrogens with one attached hydrogen (secondary N) is 2. The summed E-state index contributed by atoms with van der Waals surface area (Å²) >= 11 is 0. The molecule has 0 spiro atoms. The number of anilines is 2. The fourth-order valence-electron chi connectivity index (χ4n) is 3.97. The van der Waals surface area contributed by atoms with Crippen molar-refractivity contribution in [3.8, 4) is 0 Å². The molecule has 1 aromatic heterocycles. The first-order valence-corrected chi connectivity index (χ1v) is 10.8. The van der Waals surface area contributed by atoms with Gasteiger partial charge in [-0.1, -0.05) is 12.1 Å². The Hall–Kier alpha value is -3.53. The van der Waals surface area contributed by atoms with E-state index in [0.717, 1.165) is 28.9 Å². The fraction of sp³-hybridized carbons (Fsp3) is 0.292. The number of benzene rings is 2. The van der Waals surface area contributed by atoms with Crippen molar-refractivity contribution in [1.29, 1.82) is 0 Å². The molecular formula is C24H24ClF3N4O3. The lowest BCUT2D eigenvalue weighted by atomic mass is 10.1. The van der Waals surface area contributed by atoms with Crippen molar-refractivity contribution in [2.24, 2.45) is 0 Å². The van der Waals surface area contributed by atoms with E-state index in [0.29, 0.717) is 37.2 Å². The minimum absolute atomic E-state index is 0. The Balaban J connectivity index is 0.00000342. The van der Waals surface area contributed by atoms with E-state index in [4.69, 9.17) is 5.11 Å². The molecule has 186 valence electrons. The minimum Gasteiger partial charge on any atom is -0.465 e. The first kappa shape index (κ1) is 26.1. The van der Waals surface area contributed by atoms with E-state index >= 15 is 0 Å². The highest BCUT2D eigenvalue weighted by Gasteiger charge is 2.30. The summed E-state index contributed by atoms with van der Waals surface area (Å²) in [5.41, 5.74) is 1.29. The largest absolute Gasteiger partial charge is 0.465 e. The summed E-state index contributed by atoms with van der Waals surface area (Å²) in [5, 5.41) is 15.0. The molecule has 1 aliphatic heterocycles. The van der Waals surface area contributed by atoms with Crippen LogP contribution in [0.5, 0.6) is 0 Å². The van der Waals surface area contributed by atoms with Crippen LogP contribution in [-0.4, -0.2) is 41.2 Å². The average Bonchev–Trinajstić information content (AvgIpc) is 3.25. The molecule has 0 radical (unpaired) electrons. The Bertz CT molecular complexity index is 1200. The molecule has 7 nitrogen and oxygen atoms in total. The predicted molar refractivity (Wildman–Crippen MR) is 129 cm³/mol. The van der Waals surface area contributed by atoms with E-state index in [9.17, 15) is 22.8 Å². The molecule has 4 rings (SSSR count). The highest BCUT2D eigenvalue weighted by atomic mass is 35.5. The monoisotopic (exact) mass is 508 g/mol. The van der Waals surface area contributed by atoms with Crippen molar-refractivity contribution >= 4 is 46.8 Å². The van der Waals surface area contributed by atoms with Crippen LogP contribution in [0, 0.1) is 0 Å².